The molecule has 2 heterocycles. The van der Waals surface area contributed by atoms with Gasteiger partial charge in [0.25, 0.3) is 11.2 Å². The van der Waals surface area contributed by atoms with Gasteiger partial charge in [0, 0.05) is 6.07 Å². The summed E-state index contributed by atoms with van der Waals surface area (Å²) >= 11 is 4.11. The maximum Gasteiger partial charge on any atom is 0.286 e. The van der Waals surface area contributed by atoms with Crippen LogP contribution in [0.2, 0.25) is 0 Å². The molecule has 0 saturated heterocycles. The molecule has 10 heteroatoms. The summed E-state index contributed by atoms with van der Waals surface area (Å²) in [6.45, 7) is 0.0912. The Labute approximate surface area is 112 Å². The van der Waals surface area contributed by atoms with Crippen LogP contribution in [0.5, 0.6) is 0 Å². The first-order valence-corrected chi connectivity index (χ1v) is 6.20. The third-order valence-electron chi connectivity index (χ3n) is 2.03. The number of hydrogen-bond acceptors (Lipinski definition) is 7. The van der Waals surface area contributed by atoms with E-state index in [4.69, 9.17) is 5.73 Å². The van der Waals surface area contributed by atoms with E-state index in [1.54, 1.807) is 0 Å². The van der Waals surface area contributed by atoms with Crippen LogP contribution >= 0.6 is 27.3 Å². The van der Waals surface area contributed by atoms with Gasteiger partial charge in [-0.1, -0.05) is 11.3 Å². The third-order valence-corrected chi connectivity index (χ3v) is 3.33. The standard InChI is InChI=1S/C8H6BrN5O3S/c9-5-1-4(14(16)17)2-13(7(5)15)3-6-11-12-8(10)18-6/h1-2H,3H2,(H2,10,12). The zero-order chi connectivity index (χ0) is 13.3. The lowest BCUT2D eigenvalue weighted by molar-refractivity contribution is -0.385. The predicted molar refractivity (Wildman–Crippen MR) is 68.5 cm³/mol. The number of rotatable bonds is 3. The predicted octanol–water partition coefficient (Wildman–Crippen LogP) is 1.00. The summed E-state index contributed by atoms with van der Waals surface area (Å²) in [5.41, 5.74) is 4.86. The SMILES string of the molecule is Nc1nnc(Cn2cc([N+](=O)[O-])cc(Br)c2=O)s1. The molecule has 0 saturated carbocycles. The molecule has 0 fully saturated rings. The van der Waals surface area contributed by atoms with Gasteiger partial charge in [-0.15, -0.1) is 10.2 Å². The van der Waals surface area contributed by atoms with Crippen molar-refractivity contribution in [2.24, 2.45) is 0 Å². The van der Waals surface area contributed by atoms with Crippen molar-refractivity contribution in [2.45, 2.75) is 6.54 Å². The van der Waals surface area contributed by atoms with E-state index < -0.39 is 4.92 Å². The molecule has 2 N–H and O–H groups in total. The van der Waals surface area contributed by atoms with Crippen LogP contribution in [0.25, 0.3) is 0 Å². The third kappa shape index (κ3) is 2.54. The van der Waals surface area contributed by atoms with Crippen LogP contribution in [0.15, 0.2) is 21.5 Å². The molecule has 0 bridgehead atoms. The fourth-order valence-electron chi connectivity index (χ4n) is 1.28. The Morgan fingerprint density at radius 3 is 2.83 bits per heavy atom. The van der Waals surface area contributed by atoms with Gasteiger partial charge < -0.3 is 10.3 Å². The molecular formula is C8H6BrN5O3S. The second kappa shape index (κ2) is 4.82. The van der Waals surface area contributed by atoms with Gasteiger partial charge in [0.05, 0.1) is 22.1 Å². The average Bonchev–Trinajstić information content (AvgIpc) is 2.70. The minimum atomic E-state index is -0.574. The number of hydrogen-bond donors (Lipinski definition) is 1. The van der Waals surface area contributed by atoms with Crippen LogP contribution in [0.3, 0.4) is 0 Å². The normalized spacial score (nSPS) is 10.5. The molecule has 0 atom stereocenters. The summed E-state index contributed by atoms with van der Waals surface area (Å²) in [6.07, 6.45) is 1.16. The van der Waals surface area contributed by atoms with Gasteiger partial charge in [-0.25, -0.2) is 0 Å². The number of pyridine rings is 1. The van der Waals surface area contributed by atoms with Gasteiger partial charge in [-0.3, -0.25) is 14.9 Å². The minimum absolute atomic E-state index is 0.0912. The van der Waals surface area contributed by atoms with Crippen LogP contribution in [-0.4, -0.2) is 19.7 Å². The second-order valence-electron chi connectivity index (χ2n) is 3.27. The molecule has 2 rings (SSSR count). The van der Waals surface area contributed by atoms with Crippen LogP contribution in [-0.2, 0) is 6.54 Å². The topological polar surface area (TPSA) is 117 Å². The first-order chi connectivity index (χ1) is 8.47. The maximum absolute atomic E-state index is 11.8. The first-order valence-electron chi connectivity index (χ1n) is 4.59. The van der Waals surface area contributed by atoms with Crippen molar-refractivity contribution in [3.05, 3.63) is 42.2 Å². The monoisotopic (exact) mass is 331 g/mol. The highest BCUT2D eigenvalue weighted by atomic mass is 79.9. The average molecular weight is 332 g/mol. The van der Waals surface area contributed by atoms with Gasteiger partial charge in [0.2, 0.25) is 5.13 Å². The lowest BCUT2D eigenvalue weighted by Crippen LogP contribution is -2.21. The number of nitro groups is 1. The Bertz CT molecular complexity index is 667. The smallest absolute Gasteiger partial charge is 0.286 e. The molecule has 0 amide bonds. The molecule has 2 aromatic heterocycles. The molecule has 0 spiro atoms. The second-order valence-corrected chi connectivity index (χ2v) is 5.22. The molecular weight excluding hydrogens is 326 g/mol. The summed E-state index contributed by atoms with van der Waals surface area (Å²) in [6, 6.07) is 1.16. The van der Waals surface area contributed by atoms with Crippen molar-refractivity contribution >= 4 is 38.1 Å². The van der Waals surface area contributed by atoms with Crippen LogP contribution in [0, 0.1) is 10.1 Å². The molecule has 8 nitrogen and oxygen atoms in total. The summed E-state index contributed by atoms with van der Waals surface area (Å²) < 4.78 is 1.30. The fourth-order valence-corrected chi connectivity index (χ4v) is 2.35. The molecule has 18 heavy (non-hydrogen) atoms. The lowest BCUT2D eigenvalue weighted by Gasteiger charge is -2.03. The van der Waals surface area contributed by atoms with E-state index in [2.05, 4.69) is 26.1 Å². The molecule has 0 unspecified atom stereocenters. The van der Waals surface area contributed by atoms with Crippen molar-refractivity contribution in [3.8, 4) is 0 Å². The van der Waals surface area contributed by atoms with Crippen molar-refractivity contribution in [3.63, 3.8) is 0 Å². The molecule has 94 valence electrons. The highest BCUT2D eigenvalue weighted by Gasteiger charge is 2.13. The first kappa shape index (κ1) is 12.6. The van der Waals surface area contributed by atoms with Crippen molar-refractivity contribution in [1.29, 1.82) is 0 Å². The molecule has 0 aliphatic rings. The van der Waals surface area contributed by atoms with E-state index in [0.29, 0.717) is 5.01 Å². The summed E-state index contributed by atoms with van der Waals surface area (Å²) in [7, 11) is 0. The zero-order valence-electron chi connectivity index (χ0n) is 8.74. The van der Waals surface area contributed by atoms with E-state index in [1.165, 1.54) is 4.57 Å². The molecule has 0 aromatic carbocycles. The maximum atomic E-state index is 11.8. The minimum Gasteiger partial charge on any atom is -0.374 e. The Morgan fingerprint density at radius 1 is 1.56 bits per heavy atom. The van der Waals surface area contributed by atoms with E-state index in [1.807, 2.05) is 0 Å². The number of nitrogens with two attached hydrogens (primary N) is 1. The molecule has 0 radical (unpaired) electrons. The molecule has 2 aromatic rings. The van der Waals surface area contributed by atoms with Gasteiger partial charge >= 0.3 is 0 Å². The lowest BCUT2D eigenvalue weighted by atomic mass is 10.4. The Hall–Kier alpha value is -1.81. The van der Waals surface area contributed by atoms with E-state index in [-0.39, 0.29) is 27.4 Å². The van der Waals surface area contributed by atoms with Crippen LogP contribution in [0.4, 0.5) is 10.8 Å². The van der Waals surface area contributed by atoms with Gasteiger partial charge in [-0.05, 0) is 15.9 Å². The van der Waals surface area contributed by atoms with E-state index in [9.17, 15) is 14.9 Å². The van der Waals surface area contributed by atoms with Gasteiger partial charge in [-0.2, -0.15) is 0 Å². The Kier molecular flexibility index (Phi) is 3.39. The number of halogens is 1. The van der Waals surface area contributed by atoms with Crippen LogP contribution < -0.4 is 11.3 Å². The quantitative estimate of drug-likeness (QED) is 0.662. The highest BCUT2D eigenvalue weighted by molar-refractivity contribution is 9.10. The number of nitrogens with zero attached hydrogens (tertiary/aromatic N) is 4. The summed E-state index contributed by atoms with van der Waals surface area (Å²) in [5, 5.41) is 18.8. The Balaban J connectivity index is 2.43. The van der Waals surface area contributed by atoms with Crippen molar-refractivity contribution in [2.75, 3.05) is 5.73 Å². The number of anilines is 1. The van der Waals surface area contributed by atoms with Gasteiger partial charge in [0.1, 0.15) is 5.01 Å². The summed E-state index contributed by atoms with van der Waals surface area (Å²) in [5.74, 6) is 0. The Morgan fingerprint density at radius 2 is 2.28 bits per heavy atom. The molecule has 0 aliphatic carbocycles. The number of nitrogen functional groups attached to an aromatic ring is 1. The van der Waals surface area contributed by atoms with Crippen molar-refractivity contribution < 1.29 is 4.92 Å². The van der Waals surface area contributed by atoms with Crippen LogP contribution in [0.1, 0.15) is 5.01 Å². The largest absolute Gasteiger partial charge is 0.374 e. The zero-order valence-corrected chi connectivity index (χ0v) is 11.1. The van der Waals surface area contributed by atoms with E-state index in [0.717, 1.165) is 23.6 Å². The number of aromatic nitrogens is 3. The molecule has 0 aliphatic heterocycles. The van der Waals surface area contributed by atoms with E-state index >= 15 is 0 Å². The highest BCUT2D eigenvalue weighted by Crippen LogP contribution is 2.16. The van der Waals surface area contributed by atoms with Crippen molar-refractivity contribution in [1.82, 2.24) is 14.8 Å². The van der Waals surface area contributed by atoms with Gasteiger partial charge in [0.15, 0.2) is 0 Å². The summed E-state index contributed by atoms with van der Waals surface area (Å²) in [4.78, 5) is 21.9. The fraction of sp³-hybridized carbons (Fsp3) is 0.125.